The summed E-state index contributed by atoms with van der Waals surface area (Å²) in [7, 11) is 0. The molecule has 1 N–H and O–H groups in total. The molecule has 0 radical (unpaired) electrons. The summed E-state index contributed by atoms with van der Waals surface area (Å²) < 4.78 is 17.6. The first-order chi connectivity index (χ1) is 6.27. The second-order valence-electron chi connectivity index (χ2n) is 2.32. The molecule has 0 aromatic heterocycles. The van der Waals surface area contributed by atoms with Crippen LogP contribution in [0.4, 0.5) is 4.39 Å². The van der Waals surface area contributed by atoms with Gasteiger partial charge >= 0.3 is 0 Å². The highest BCUT2D eigenvalue weighted by molar-refractivity contribution is 5.42. The summed E-state index contributed by atoms with van der Waals surface area (Å²) >= 11 is 0. The number of rotatable bonds is 3. The standard InChI is InChI=1S/C9H8FNO2/c10-8-1-2-9(13-4-3-12)7(5-8)6-11/h1-2,5,12H,3-4H2. The number of aliphatic hydroxyl groups is 1. The van der Waals surface area contributed by atoms with Crippen LogP contribution in [-0.2, 0) is 0 Å². The van der Waals surface area contributed by atoms with E-state index < -0.39 is 5.82 Å². The van der Waals surface area contributed by atoms with Crippen molar-refractivity contribution in [1.82, 2.24) is 0 Å². The number of aliphatic hydroxyl groups excluding tert-OH is 1. The van der Waals surface area contributed by atoms with E-state index in [2.05, 4.69) is 0 Å². The number of halogens is 1. The third-order valence-electron chi connectivity index (χ3n) is 1.41. The van der Waals surface area contributed by atoms with E-state index >= 15 is 0 Å². The maximum absolute atomic E-state index is 12.6. The Kier molecular flexibility index (Phi) is 3.23. The first-order valence-electron chi connectivity index (χ1n) is 3.71. The normalized spacial score (nSPS) is 9.31. The summed E-state index contributed by atoms with van der Waals surface area (Å²) in [5.41, 5.74) is 0.133. The van der Waals surface area contributed by atoms with Crippen LogP contribution < -0.4 is 4.74 Å². The molecule has 0 aliphatic rings. The van der Waals surface area contributed by atoms with Gasteiger partial charge < -0.3 is 9.84 Å². The number of hydrogen-bond acceptors (Lipinski definition) is 3. The zero-order chi connectivity index (χ0) is 9.68. The van der Waals surface area contributed by atoms with Crippen LogP contribution in [0.5, 0.6) is 5.75 Å². The Labute approximate surface area is 75.0 Å². The number of nitriles is 1. The largest absolute Gasteiger partial charge is 0.490 e. The Hall–Kier alpha value is -1.60. The lowest BCUT2D eigenvalue weighted by Gasteiger charge is -2.05. The second kappa shape index (κ2) is 4.43. The Balaban J connectivity index is 2.88. The van der Waals surface area contributed by atoms with Crippen LogP contribution in [0.1, 0.15) is 5.56 Å². The van der Waals surface area contributed by atoms with Crippen LogP contribution in [0.15, 0.2) is 18.2 Å². The van der Waals surface area contributed by atoms with Crippen molar-refractivity contribution in [2.45, 2.75) is 0 Å². The van der Waals surface area contributed by atoms with Gasteiger partial charge in [0.05, 0.1) is 12.2 Å². The lowest BCUT2D eigenvalue weighted by atomic mass is 10.2. The molecule has 0 fully saturated rings. The van der Waals surface area contributed by atoms with E-state index in [9.17, 15) is 4.39 Å². The summed E-state index contributed by atoms with van der Waals surface area (Å²) in [6.07, 6.45) is 0. The molecule has 0 aliphatic carbocycles. The molecule has 68 valence electrons. The molecule has 0 unspecified atom stereocenters. The lowest BCUT2D eigenvalue weighted by Crippen LogP contribution is -2.03. The van der Waals surface area contributed by atoms with Crippen LogP contribution in [0.2, 0.25) is 0 Å². The summed E-state index contributed by atoms with van der Waals surface area (Å²) in [6.45, 7) is -0.0391. The number of benzene rings is 1. The Morgan fingerprint density at radius 2 is 2.31 bits per heavy atom. The van der Waals surface area contributed by atoms with Gasteiger partial charge in [0.1, 0.15) is 24.2 Å². The summed E-state index contributed by atoms with van der Waals surface area (Å²) in [5, 5.41) is 17.0. The maximum Gasteiger partial charge on any atom is 0.137 e. The summed E-state index contributed by atoms with van der Waals surface area (Å²) in [4.78, 5) is 0. The van der Waals surface area contributed by atoms with Crippen molar-refractivity contribution in [3.63, 3.8) is 0 Å². The molecule has 0 atom stereocenters. The predicted octanol–water partition coefficient (Wildman–Crippen LogP) is 1.07. The molecule has 0 amide bonds. The smallest absolute Gasteiger partial charge is 0.137 e. The van der Waals surface area contributed by atoms with Gasteiger partial charge in [0, 0.05) is 0 Å². The van der Waals surface area contributed by atoms with E-state index in [4.69, 9.17) is 15.1 Å². The van der Waals surface area contributed by atoms with Crippen molar-refractivity contribution in [3.05, 3.63) is 29.6 Å². The van der Waals surface area contributed by atoms with E-state index in [1.165, 1.54) is 12.1 Å². The second-order valence-corrected chi connectivity index (χ2v) is 2.32. The van der Waals surface area contributed by atoms with Crippen LogP contribution >= 0.6 is 0 Å². The molecule has 0 saturated heterocycles. The van der Waals surface area contributed by atoms with E-state index in [0.717, 1.165) is 6.07 Å². The Morgan fingerprint density at radius 1 is 1.54 bits per heavy atom. The average Bonchev–Trinajstić information content (AvgIpc) is 2.16. The molecule has 0 saturated carbocycles. The van der Waals surface area contributed by atoms with Crippen LogP contribution in [0.3, 0.4) is 0 Å². The fourth-order valence-electron chi connectivity index (χ4n) is 0.871. The average molecular weight is 181 g/mol. The van der Waals surface area contributed by atoms with Gasteiger partial charge in [-0.1, -0.05) is 0 Å². The zero-order valence-corrected chi connectivity index (χ0v) is 6.83. The number of nitrogens with zero attached hydrogens (tertiary/aromatic N) is 1. The van der Waals surface area contributed by atoms with Gasteiger partial charge in [-0.15, -0.1) is 0 Å². The first-order valence-corrected chi connectivity index (χ1v) is 3.71. The molecule has 13 heavy (non-hydrogen) atoms. The van der Waals surface area contributed by atoms with Gasteiger partial charge in [-0.05, 0) is 18.2 Å². The van der Waals surface area contributed by atoms with Gasteiger partial charge in [0.15, 0.2) is 0 Å². The van der Waals surface area contributed by atoms with Crippen molar-refractivity contribution in [3.8, 4) is 11.8 Å². The zero-order valence-electron chi connectivity index (χ0n) is 6.83. The molecule has 0 bridgehead atoms. The van der Waals surface area contributed by atoms with Crippen molar-refractivity contribution < 1.29 is 14.2 Å². The maximum atomic E-state index is 12.6. The van der Waals surface area contributed by atoms with Gasteiger partial charge in [0.25, 0.3) is 0 Å². The molecule has 1 aromatic rings. The number of hydrogen-bond donors (Lipinski definition) is 1. The highest BCUT2D eigenvalue weighted by Gasteiger charge is 2.03. The molecule has 1 aromatic carbocycles. The molecule has 0 aliphatic heterocycles. The minimum absolute atomic E-state index is 0.0975. The third kappa shape index (κ3) is 2.42. The van der Waals surface area contributed by atoms with E-state index in [-0.39, 0.29) is 24.5 Å². The topological polar surface area (TPSA) is 53.2 Å². The van der Waals surface area contributed by atoms with Crippen molar-refractivity contribution >= 4 is 0 Å². The van der Waals surface area contributed by atoms with Gasteiger partial charge in [0.2, 0.25) is 0 Å². The fourth-order valence-corrected chi connectivity index (χ4v) is 0.871. The predicted molar refractivity (Wildman–Crippen MR) is 43.7 cm³/mol. The van der Waals surface area contributed by atoms with Crippen molar-refractivity contribution in [2.24, 2.45) is 0 Å². The van der Waals surface area contributed by atoms with Crippen LogP contribution in [0.25, 0.3) is 0 Å². The molecule has 0 spiro atoms. The van der Waals surface area contributed by atoms with Gasteiger partial charge in [-0.2, -0.15) is 5.26 Å². The minimum atomic E-state index is -0.479. The Morgan fingerprint density at radius 3 is 2.92 bits per heavy atom. The quantitative estimate of drug-likeness (QED) is 0.758. The highest BCUT2D eigenvalue weighted by Crippen LogP contribution is 2.18. The molecule has 4 heteroatoms. The van der Waals surface area contributed by atoms with Gasteiger partial charge in [-0.3, -0.25) is 0 Å². The SMILES string of the molecule is N#Cc1cc(F)ccc1OCCO. The summed E-state index contributed by atoms with van der Waals surface area (Å²) in [5.74, 6) is -0.189. The van der Waals surface area contributed by atoms with Crippen molar-refractivity contribution in [1.29, 1.82) is 5.26 Å². The van der Waals surface area contributed by atoms with Crippen LogP contribution in [0, 0.1) is 17.1 Å². The lowest BCUT2D eigenvalue weighted by molar-refractivity contribution is 0.201. The van der Waals surface area contributed by atoms with Gasteiger partial charge in [-0.25, -0.2) is 4.39 Å². The van der Waals surface area contributed by atoms with E-state index in [1.54, 1.807) is 6.07 Å². The molecular formula is C9H8FNO2. The highest BCUT2D eigenvalue weighted by atomic mass is 19.1. The van der Waals surface area contributed by atoms with E-state index in [0.29, 0.717) is 0 Å². The first kappa shape index (κ1) is 9.49. The fraction of sp³-hybridized carbons (Fsp3) is 0.222. The van der Waals surface area contributed by atoms with E-state index in [1.807, 2.05) is 0 Å². The van der Waals surface area contributed by atoms with Crippen LogP contribution in [-0.4, -0.2) is 18.3 Å². The Bertz CT molecular complexity index is 333. The minimum Gasteiger partial charge on any atom is -0.490 e. The van der Waals surface area contributed by atoms with Crippen molar-refractivity contribution in [2.75, 3.05) is 13.2 Å². The summed E-state index contributed by atoms with van der Waals surface area (Å²) in [6, 6.07) is 5.46. The molecule has 3 nitrogen and oxygen atoms in total. The number of ether oxygens (including phenoxy) is 1. The molecule has 1 rings (SSSR count). The third-order valence-corrected chi connectivity index (χ3v) is 1.41. The monoisotopic (exact) mass is 181 g/mol. The molecular weight excluding hydrogens is 173 g/mol. The molecule has 0 heterocycles.